The minimum absolute atomic E-state index is 0.227. The topological polar surface area (TPSA) is 97.1 Å². The van der Waals surface area contributed by atoms with Crippen LogP contribution in [0.25, 0.3) is 11.1 Å². The summed E-state index contributed by atoms with van der Waals surface area (Å²) in [6.45, 7) is 15.0. The Morgan fingerprint density at radius 2 is 1.63 bits per heavy atom. The Hall–Kier alpha value is -3.91. The Balaban J connectivity index is 1.24. The van der Waals surface area contributed by atoms with Gasteiger partial charge in [0.1, 0.15) is 30.8 Å². The first-order valence-electron chi connectivity index (χ1n) is 16.7. The van der Waals surface area contributed by atoms with Crippen molar-refractivity contribution in [3.8, 4) is 28.7 Å². The molecule has 0 amide bonds. The van der Waals surface area contributed by atoms with E-state index in [1.807, 2.05) is 12.1 Å². The minimum atomic E-state index is -0.444. The van der Waals surface area contributed by atoms with Gasteiger partial charge < -0.3 is 23.9 Å². The van der Waals surface area contributed by atoms with Gasteiger partial charge >= 0.3 is 7.12 Å². The first-order valence-corrected chi connectivity index (χ1v) is 17.1. The largest absolute Gasteiger partial charge is 0.495 e. The highest BCUT2D eigenvalue weighted by atomic mass is 35.5. The number of benzene rings is 3. The number of hydrogen-bond donors (Lipinski definition) is 1. The van der Waals surface area contributed by atoms with Crippen LogP contribution in [0.3, 0.4) is 0 Å². The van der Waals surface area contributed by atoms with Crippen LogP contribution in [-0.4, -0.2) is 52.5 Å². The maximum absolute atomic E-state index is 10.1. The lowest BCUT2D eigenvalue weighted by molar-refractivity contribution is 0.00578. The van der Waals surface area contributed by atoms with Crippen molar-refractivity contribution in [1.29, 1.82) is 5.26 Å². The van der Waals surface area contributed by atoms with Gasteiger partial charge in [0.05, 0.1) is 27.9 Å². The molecule has 2 fully saturated rings. The summed E-state index contributed by atoms with van der Waals surface area (Å²) in [5, 5.41) is 19.9. The van der Waals surface area contributed by atoms with Crippen molar-refractivity contribution in [3.05, 3.63) is 105 Å². The maximum Gasteiger partial charge on any atom is 0.495 e. The third-order valence-electron chi connectivity index (χ3n) is 10.1. The third-order valence-corrected chi connectivity index (χ3v) is 10.4. The second-order valence-electron chi connectivity index (χ2n) is 14.0. The summed E-state index contributed by atoms with van der Waals surface area (Å²) in [4.78, 5) is 6.34. The zero-order valence-corrected chi connectivity index (χ0v) is 29.8. The summed E-state index contributed by atoms with van der Waals surface area (Å²) in [5.74, 6) is 1.14. The summed E-state index contributed by atoms with van der Waals surface area (Å²) in [7, 11) is -0.444. The molecule has 3 heterocycles. The van der Waals surface area contributed by atoms with Crippen molar-refractivity contribution < 1.29 is 23.9 Å². The Bertz CT molecular complexity index is 1880. The number of hydrogen-bond acceptors (Lipinski definition) is 8. The second kappa shape index (κ2) is 14.1. The Morgan fingerprint density at radius 3 is 2.33 bits per heavy atom. The molecular formula is C39H43BClN3O5. The molecule has 1 atom stereocenters. The predicted molar refractivity (Wildman–Crippen MR) is 192 cm³/mol. The first kappa shape index (κ1) is 34.9. The molecule has 3 aromatic carbocycles. The van der Waals surface area contributed by atoms with Gasteiger partial charge in [-0.1, -0.05) is 48.0 Å². The highest BCUT2D eigenvalue weighted by Gasteiger charge is 2.52. The average Bonchev–Trinajstić information content (AvgIpc) is 3.57. The van der Waals surface area contributed by atoms with E-state index in [0.29, 0.717) is 41.8 Å². The molecular weight excluding hydrogens is 637 g/mol. The number of nitriles is 1. The molecule has 254 valence electrons. The number of nitrogens with zero attached hydrogens (tertiary/aromatic N) is 3. The summed E-state index contributed by atoms with van der Waals surface area (Å²) in [6.07, 6.45) is 3.61. The van der Waals surface area contributed by atoms with Gasteiger partial charge in [-0.25, -0.2) is 0 Å². The lowest BCUT2D eigenvalue weighted by Gasteiger charge is -2.32. The molecule has 6 rings (SSSR count). The number of β-amino-alcohol motifs (C(OH)–C–C–N with tert-alkyl or cyclic N) is 1. The van der Waals surface area contributed by atoms with Crippen LogP contribution in [0.2, 0.25) is 5.02 Å². The molecule has 0 spiro atoms. The van der Waals surface area contributed by atoms with E-state index in [2.05, 4.69) is 93.9 Å². The van der Waals surface area contributed by atoms with Gasteiger partial charge in [-0.15, -0.1) is 0 Å². The molecule has 49 heavy (non-hydrogen) atoms. The minimum Gasteiger partial charge on any atom is -0.488 e. The van der Waals surface area contributed by atoms with E-state index in [-0.39, 0.29) is 12.7 Å². The first-order chi connectivity index (χ1) is 23.3. The van der Waals surface area contributed by atoms with Crippen LogP contribution in [0, 0.1) is 25.2 Å². The fourth-order valence-electron chi connectivity index (χ4n) is 6.39. The van der Waals surface area contributed by atoms with Crippen LogP contribution in [0.5, 0.6) is 11.5 Å². The number of halogens is 1. The lowest BCUT2D eigenvalue weighted by Crippen LogP contribution is -2.41. The van der Waals surface area contributed by atoms with E-state index in [4.69, 9.17) is 30.4 Å². The lowest BCUT2D eigenvalue weighted by atomic mass is 9.74. The number of aliphatic hydroxyl groups excluding tert-OH is 1. The molecule has 2 aliphatic rings. The maximum atomic E-state index is 10.1. The van der Waals surface area contributed by atoms with Gasteiger partial charge in [-0.3, -0.25) is 9.88 Å². The summed E-state index contributed by atoms with van der Waals surface area (Å²) < 4.78 is 25.5. The van der Waals surface area contributed by atoms with Crippen molar-refractivity contribution in [2.45, 2.75) is 85.0 Å². The van der Waals surface area contributed by atoms with Crippen molar-refractivity contribution in [1.82, 2.24) is 9.88 Å². The van der Waals surface area contributed by atoms with E-state index in [0.717, 1.165) is 57.4 Å². The zero-order chi connectivity index (χ0) is 34.9. The van der Waals surface area contributed by atoms with E-state index in [9.17, 15) is 10.4 Å². The van der Waals surface area contributed by atoms with Crippen LogP contribution < -0.4 is 14.9 Å². The van der Waals surface area contributed by atoms with Crippen molar-refractivity contribution in [2.24, 2.45) is 0 Å². The van der Waals surface area contributed by atoms with Gasteiger partial charge in [0.25, 0.3) is 0 Å². The van der Waals surface area contributed by atoms with Crippen LogP contribution in [0.1, 0.15) is 67.5 Å². The molecule has 2 saturated heterocycles. The average molecular weight is 680 g/mol. The van der Waals surface area contributed by atoms with Gasteiger partial charge in [0.15, 0.2) is 0 Å². The fraction of sp³-hybridized carbons (Fsp3) is 0.385. The second-order valence-corrected chi connectivity index (χ2v) is 14.4. The summed E-state index contributed by atoms with van der Waals surface area (Å²) in [5.41, 5.74) is 7.82. The molecule has 0 aliphatic carbocycles. The van der Waals surface area contributed by atoms with E-state index in [1.165, 1.54) is 6.20 Å². The molecule has 1 N–H and O–H groups in total. The number of aromatic nitrogens is 1. The SMILES string of the molecule is Cc1c(COc2cc(OCc3cncc(C#N)c3)c(CN3CC[C@@H](O)C3)cc2Cl)cccc1-c1cccc(B2OC(C)(C)C(C)(C)O2)c1C. The van der Waals surface area contributed by atoms with Crippen LogP contribution >= 0.6 is 11.6 Å². The molecule has 0 radical (unpaired) electrons. The van der Waals surface area contributed by atoms with Crippen LogP contribution in [0.15, 0.2) is 67.0 Å². The quantitative estimate of drug-likeness (QED) is 0.181. The Labute approximate surface area is 294 Å². The summed E-state index contributed by atoms with van der Waals surface area (Å²) >= 11 is 6.83. The third kappa shape index (κ3) is 7.50. The molecule has 8 nitrogen and oxygen atoms in total. The van der Waals surface area contributed by atoms with Gasteiger partial charge in [-0.2, -0.15) is 5.26 Å². The molecule has 2 aliphatic heterocycles. The van der Waals surface area contributed by atoms with Gasteiger partial charge in [0.2, 0.25) is 0 Å². The highest BCUT2D eigenvalue weighted by Crippen LogP contribution is 2.38. The van der Waals surface area contributed by atoms with Crippen molar-refractivity contribution in [2.75, 3.05) is 13.1 Å². The Morgan fingerprint density at radius 1 is 0.939 bits per heavy atom. The van der Waals surface area contributed by atoms with E-state index < -0.39 is 18.3 Å². The standard InChI is InChI=1S/C39H43BClN3O5/c1-25-29(9-7-10-32(25)33-11-8-12-34(26(33)2)40-48-38(3,4)39(5,6)49-40)24-47-37-17-36(46-23-28-15-27(18-42)19-43-20-28)30(16-35(37)41)21-44-14-13-31(45)22-44/h7-12,15-17,19-20,31,45H,13-14,21-24H2,1-6H3/t31-/m1/s1. The van der Waals surface area contributed by atoms with E-state index in [1.54, 1.807) is 12.3 Å². The molecule has 4 aromatic rings. The van der Waals surface area contributed by atoms with Crippen molar-refractivity contribution >= 4 is 24.2 Å². The van der Waals surface area contributed by atoms with Crippen LogP contribution in [0.4, 0.5) is 0 Å². The normalized spacial score (nSPS) is 18.4. The van der Waals surface area contributed by atoms with Gasteiger partial charge in [0, 0.05) is 49.2 Å². The monoisotopic (exact) mass is 679 g/mol. The summed E-state index contributed by atoms with van der Waals surface area (Å²) in [6, 6.07) is 20.1. The van der Waals surface area contributed by atoms with Crippen LogP contribution in [-0.2, 0) is 29.1 Å². The smallest absolute Gasteiger partial charge is 0.488 e. The van der Waals surface area contributed by atoms with E-state index >= 15 is 0 Å². The molecule has 10 heteroatoms. The van der Waals surface area contributed by atoms with Gasteiger partial charge in [-0.05, 0) is 93.4 Å². The molecule has 1 aromatic heterocycles. The zero-order valence-electron chi connectivity index (χ0n) is 29.0. The number of rotatable bonds is 10. The number of pyridine rings is 1. The number of ether oxygens (including phenoxy) is 2. The highest BCUT2D eigenvalue weighted by molar-refractivity contribution is 6.62. The number of likely N-dealkylation sites (tertiary alicyclic amines) is 1. The van der Waals surface area contributed by atoms with Crippen molar-refractivity contribution in [3.63, 3.8) is 0 Å². The predicted octanol–water partition coefficient (Wildman–Crippen LogP) is 6.91. The molecule has 0 unspecified atom stereocenters. The fourth-order valence-corrected chi connectivity index (χ4v) is 6.63. The molecule has 0 bridgehead atoms. The Kier molecular flexibility index (Phi) is 10.1. The number of aliphatic hydroxyl groups is 1. The molecule has 0 saturated carbocycles.